The van der Waals surface area contributed by atoms with E-state index in [1.807, 2.05) is 24.4 Å². The molecular formula is C32H48O3S7. The Morgan fingerprint density at radius 1 is 0.738 bits per heavy atom. The van der Waals surface area contributed by atoms with Gasteiger partial charge >= 0.3 is 0 Å². The van der Waals surface area contributed by atoms with E-state index in [0.717, 1.165) is 35.6 Å². The molecule has 10 heteroatoms. The normalized spacial score (nSPS) is 12.6. The summed E-state index contributed by atoms with van der Waals surface area (Å²) in [5, 5.41) is 13.3. The average molecular weight is 705 g/mol. The molecule has 3 aromatic heterocycles. The molecule has 0 aromatic carbocycles. The van der Waals surface area contributed by atoms with Gasteiger partial charge in [-0.1, -0.05) is 83.1 Å². The lowest BCUT2D eigenvalue weighted by atomic mass is 10.2. The van der Waals surface area contributed by atoms with Crippen molar-refractivity contribution in [3.05, 3.63) is 66.7 Å². The molecule has 0 bridgehead atoms. The van der Waals surface area contributed by atoms with Gasteiger partial charge in [0.1, 0.15) is 12.2 Å². The van der Waals surface area contributed by atoms with E-state index in [-0.39, 0.29) is 18.3 Å². The summed E-state index contributed by atoms with van der Waals surface area (Å²) < 4.78 is 13.0. The first-order chi connectivity index (χ1) is 20.3. The molecule has 0 aliphatic rings. The molecule has 0 aliphatic carbocycles. The van der Waals surface area contributed by atoms with Gasteiger partial charge < -0.3 is 14.6 Å². The number of thiocarbonyl (C=S) groups is 2. The van der Waals surface area contributed by atoms with Crippen LogP contribution >= 0.6 is 82.0 Å². The molecule has 0 saturated carbocycles. The van der Waals surface area contributed by atoms with Gasteiger partial charge in [0, 0.05) is 31.0 Å². The van der Waals surface area contributed by atoms with Gasteiger partial charge in [0.2, 0.25) is 8.77 Å². The van der Waals surface area contributed by atoms with Crippen LogP contribution in [0, 0.1) is 6.92 Å². The van der Waals surface area contributed by atoms with Crippen molar-refractivity contribution in [1.29, 1.82) is 0 Å². The fourth-order valence-electron chi connectivity index (χ4n) is 3.37. The number of aliphatic hydroxyl groups excluding tert-OH is 1. The van der Waals surface area contributed by atoms with Gasteiger partial charge in [-0.3, -0.25) is 0 Å². The smallest absolute Gasteiger partial charge is 0.220 e. The molecule has 42 heavy (non-hydrogen) atoms. The van der Waals surface area contributed by atoms with Gasteiger partial charge in [-0.15, -0.1) is 34.0 Å². The van der Waals surface area contributed by atoms with Crippen LogP contribution in [0.2, 0.25) is 0 Å². The van der Waals surface area contributed by atoms with Crippen LogP contribution in [0.1, 0.15) is 117 Å². The van der Waals surface area contributed by atoms with E-state index in [1.54, 1.807) is 57.5 Å². The fraction of sp³-hybridized carbons (Fsp3) is 0.562. The van der Waals surface area contributed by atoms with E-state index in [2.05, 4.69) is 64.3 Å². The highest BCUT2D eigenvalue weighted by Crippen LogP contribution is 2.30. The van der Waals surface area contributed by atoms with Crippen LogP contribution in [0.4, 0.5) is 0 Å². The zero-order valence-electron chi connectivity index (χ0n) is 25.8. The maximum absolute atomic E-state index is 9.23. The number of rotatable bonds is 14. The van der Waals surface area contributed by atoms with Crippen molar-refractivity contribution in [3.8, 4) is 0 Å². The van der Waals surface area contributed by atoms with E-state index < -0.39 is 0 Å². The first kappa shape index (κ1) is 39.6. The number of ether oxygens (including phenoxy) is 2. The summed E-state index contributed by atoms with van der Waals surface area (Å²) in [6.07, 6.45) is 7.58. The van der Waals surface area contributed by atoms with E-state index in [9.17, 15) is 5.11 Å². The maximum atomic E-state index is 9.23. The largest absolute Gasteiger partial charge is 0.470 e. The van der Waals surface area contributed by atoms with Gasteiger partial charge in [0.15, 0.2) is 0 Å². The van der Waals surface area contributed by atoms with E-state index in [0.29, 0.717) is 8.77 Å². The van der Waals surface area contributed by atoms with Crippen LogP contribution in [-0.4, -0.2) is 25.4 Å². The minimum Gasteiger partial charge on any atom is -0.470 e. The van der Waals surface area contributed by atoms with E-state index >= 15 is 0 Å². The Balaban J connectivity index is 0.000000329. The van der Waals surface area contributed by atoms with Crippen LogP contribution in [0.25, 0.3) is 0 Å². The van der Waals surface area contributed by atoms with Crippen molar-refractivity contribution in [2.75, 3.05) is 11.5 Å². The molecule has 0 radical (unpaired) electrons. The second-order valence-corrected chi connectivity index (χ2v) is 16.0. The molecule has 0 saturated heterocycles. The molecule has 0 fully saturated rings. The molecule has 236 valence electrons. The Kier molecular flexibility index (Phi) is 23.4. The number of unbranched alkanes of at least 4 members (excludes halogenated alkanes) is 2. The molecular weight excluding hydrogens is 657 g/mol. The zero-order valence-corrected chi connectivity index (χ0v) is 31.6. The van der Waals surface area contributed by atoms with Gasteiger partial charge in [0.05, 0.1) is 6.10 Å². The van der Waals surface area contributed by atoms with Crippen molar-refractivity contribution >= 4 is 90.7 Å². The van der Waals surface area contributed by atoms with E-state index in [4.69, 9.17) is 33.9 Å². The first-order valence-electron chi connectivity index (χ1n) is 14.8. The van der Waals surface area contributed by atoms with Crippen LogP contribution in [0.5, 0.6) is 0 Å². The van der Waals surface area contributed by atoms with Gasteiger partial charge in [-0.05, 0) is 98.5 Å². The summed E-state index contributed by atoms with van der Waals surface area (Å²) in [7, 11) is 0. The highest BCUT2D eigenvalue weighted by Gasteiger charge is 2.15. The molecule has 3 heterocycles. The van der Waals surface area contributed by atoms with E-state index in [1.165, 1.54) is 40.3 Å². The summed E-state index contributed by atoms with van der Waals surface area (Å²) >= 11 is 18.9. The number of aryl methyl sites for hydroxylation is 1. The quantitative estimate of drug-likeness (QED) is 0.132. The lowest BCUT2D eigenvalue weighted by molar-refractivity contribution is 0.177. The van der Waals surface area contributed by atoms with Gasteiger partial charge in [0.25, 0.3) is 0 Å². The highest BCUT2D eigenvalue weighted by atomic mass is 32.2. The first-order valence-corrected chi connectivity index (χ1v) is 20.1. The Bertz CT molecular complexity index is 1060. The monoisotopic (exact) mass is 704 g/mol. The Labute approximate surface area is 286 Å². The number of hydrogen-bond acceptors (Lipinski definition) is 10. The molecule has 3 nitrogen and oxygen atoms in total. The minimum absolute atomic E-state index is 0.135. The molecule has 1 N–H and O–H groups in total. The van der Waals surface area contributed by atoms with Crippen LogP contribution in [-0.2, 0) is 9.47 Å². The molecule has 3 unspecified atom stereocenters. The number of thioether (sulfide) groups is 2. The van der Waals surface area contributed by atoms with Crippen molar-refractivity contribution < 1.29 is 14.6 Å². The summed E-state index contributed by atoms with van der Waals surface area (Å²) in [5.74, 6) is 2.13. The number of hydrogen-bond donors (Lipinski definition) is 1. The predicted molar refractivity (Wildman–Crippen MR) is 201 cm³/mol. The minimum atomic E-state index is -0.245. The molecule has 0 amide bonds. The van der Waals surface area contributed by atoms with Crippen molar-refractivity contribution in [2.45, 2.75) is 105 Å². The zero-order chi connectivity index (χ0) is 31.2. The second-order valence-electron chi connectivity index (χ2n) is 9.34. The van der Waals surface area contributed by atoms with Gasteiger partial charge in [-0.25, -0.2) is 0 Å². The van der Waals surface area contributed by atoms with Gasteiger partial charge in [-0.2, -0.15) is 0 Å². The molecule has 3 rings (SSSR count). The number of aliphatic hydroxyl groups is 1. The summed E-state index contributed by atoms with van der Waals surface area (Å²) in [4.78, 5) is 4.94. The van der Waals surface area contributed by atoms with Crippen LogP contribution < -0.4 is 0 Å². The fourth-order valence-corrected chi connectivity index (χ4v) is 8.29. The SMILES string of the molecule is CCC(O)c1cccs1.CCCCSC(=S)OC(CC)c1ccc(C)s1.CCCCSC(=S)OC(CC)c1cccs1. The standard InChI is InChI=1S/C13H20OS3.C12H18OS3.C7H10OS/c1-4-6-9-16-13(15)14-11(5-2)12-8-7-10(3)17-12;1-3-5-8-16-12(14)13-10(4-2)11-7-6-9-15-11;1-2-6(8)7-4-3-5-9-7/h7-8,11H,4-6,9H2,1-3H3;6-7,9-10H,3-5,8H2,1-2H3;3-6,8H,2H2,1H3. The van der Waals surface area contributed by atoms with Crippen molar-refractivity contribution in [1.82, 2.24) is 0 Å². The highest BCUT2D eigenvalue weighted by molar-refractivity contribution is 8.22. The molecule has 3 aromatic rings. The summed E-state index contributed by atoms with van der Waals surface area (Å²) in [5.41, 5.74) is 0. The molecule has 3 atom stereocenters. The molecule has 0 spiro atoms. The third kappa shape index (κ3) is 17.1. The predicted octanol–water partition coefficient (Wildman–Crippen LogP) is 12.6. The lowest BCUT2D eigenvalue weighted by Crippen LogP contribution is -2.05. The number of thiophene rings is 3. The van der Waals surface area contributed by atoms with Crippen LogP contribution in [0.3, 0.4) is 0 Å². The maximum Gasteiger partial charge on any atom is 0.220 e. The lowest BCUT2D eigenvalue weighted by Gasteiger charge is -2.16. The Morgan fingerprint density at radius 3 is 1.62 bits per heavy atom. The second kappa shape index (κ2) is 24.8. The Hall–Kier alpha value is -0.460. The molecule has 0 aliphatic heterocycles. The van der Waals surface area contributed by atoms with Crippen molar-refractivity contribution in [3.63, 3.8) is 0 Å². The average Bonchev–Trinajstić information content (AvgIpc) is 3.79. The summed E-state index contributed by atoms with van der Waals surface area (Å²) in [6.45, 7) is 12.7. The topological polar surface area (TPSA) is 38.7 Å². The Morgan fingerprint density at radius 2 is 1.24 bits per heavy atom. The van der Waals surface area contributed by atoms with Crippen LogP contribution in [0.15, 0.2) is 47.2 Å². The van der Waals surface area contributed by atoms with Crippen molar-refractivity contribution in [2.24, 2.45) is 0 Å². The summed E-state index contributed by atoms with van der Waals surface area (Å²) in [6, 6.07) is 12.4. The third-order valence-electron chi connectivity index (χ3n) is 5.85. The third-order valence-corrected chi connectivity index (χ3v) is 11.4.